The van der Waals surface area contributed by atoms with E-state index in [4.69, 9.17) is 17.3 Å². The summed E-state index contributed by atoms with van der Waals surface area (Å²) in [5, 5.41) is 3.75. The lowest BCUT2D eigenvalue weighted by atomic mass is 10.3. The number of carbonyl (C=O) groups is 2. The van der Waals surface area contributed by atoms with Crippen LogP contribution < -0.4 is 5.73 Å². The minimum absolute atomic E-state index is 0.0524. The molecule has 0 saturated carbocycles. The van der Waals surface area contributed by atoms with Gasteiger partial charge in [0.2, 0.25) is 11.8 Å². The van der Waals surface area contributed by atoms with Crippen molar-refractivity contribution < 1.29 is 18.0 Å². The molecule has 1 aliphatic rings. The molecule has 1 fully saturated rings. The topological polar surface area (TPSA) is 114 Å². The Morgan fingerprint density at radius 2 is 2.07 bits per heavy atom. The smallest absolute Gasteiger partial charge is 0.253 e. The summed E-state index contributed by atoms with van der Waals surface area (Å²) >= 11 is 8.47. The van der Waals surface area contributed by atoms with Crippen molar-refractivity contribution in [2.75, 3.05) is 19.6 Å². The van der Waals surface area contributed by atoms with Gasteiger partial charge in [-0.1, -0.05) is 17.7 Å². The van der Waals surface area contributed by atoms with Crippen LogP contribution in [0.1, 0.15) is 10.7 Å². The number of sulfonamides is 1. The van der Waals surface area contributed by atoms with E-state index in [2.05, 4.69) is 4.98 Å². The van der Waals surface area contributed by atoms with Crippen molar-refractivity contribution in [3.05, 3.63) is 45.4 Å². The molecule has 12 heteroatoms. The summed E-state index contributed by atoms with van der Waals surface area (Å²) in [5.74, 6) is -0.758. The standard InChI is InChI=1S/C18H17ClN4O4S3/c19-12-2-1-11-5-18(29-14(11)6-12)30(26,27)23-4-3-22(17(25)9-23)8-16-21-13(10-28-16)7-15(20)24/h1-2,5-6,10H,3-4,7-9H2,(H2,20,24). The van der Waals surface area contributed by atoms with E-state index >= 15 is 0 Å². The number of nitrogens with two attached hydrogens (primary N) is 1. The second-order valence-corrected chi connectivity index (χ2v) is 11.4. The molecule has 2 amide bonds. The Morgan fingerprint density at radius 1 is 1.27 bits per heavy atom. The number of amides is 2. The molecule has 0 radical (unpaired) electrons. The van der Waals surface area contributed by atoms with Crippen LogP contribution in [0.4, 0.5) is 0 Å². The maximum Gasteiger partial charge on any atom is 0.253 e. The van der Waals surface area contributed by atoms with Crippen molar-refractivity contribution >= 4 is 66.2 Å². The van der Waals surface area contributed by atoms with Gasteiger partial charge in [-0.2, -0.15) is 4.31 Å². The van der Waals surface area contributed by atoms with Gasteiger partial charge >= 0.3 is 0 Å². The van der Waals surface area contributed by atoms with E-state index in [-0.39, 0.29) is 42.7 Å². The highest BCUT2D eigenvalue weighted by Gasteiger charge is 2.34. The number of halogens is 1. The lowest BCUT2D eigenvalue weighted by Gasteiger charge is -2.32. The first-order valence-electron chi connectivity index (χ1n) is 8.91. The number of primary amides is 1. The largest absolute Gasteiger partial charge is 0.369 e. The van der Waals surface area contributed by atoms with Gasteiger partial charge in [0.1, 0.15) is 9.22 Å². The predicted octanol–water partition coefficient (Wildman–Crippen LogP) is 2.07. The van der Waals surface area contributed by atoms with Gasteiger partial charge < -0.3 is 10.6 Å². The van der Waals surface area contributed by atoms with E-state index < -0.39 is 15.9 Å². The molecule has 0 bridgehead atoms. The van der Waals surface area contributed by atoms with Crippen molar-refractivity contribution in [3.8, 4) is 0 Å². The number of hydrogen-bond donors (Lipinski definition) is 1. The highest BCUT2D eigenvalue weighted by Crippen LogP contribution is 2.33. The third kappa shape index (κ3) is 4.35. The molecule has 3 aromatic rings. The number of carbonyl (C=O) groups excluding carboxylic acids is 2. The van der Waals surface area contributed by atoms with Crippen LogP contribution in [0.3, 0.4) is 0 Å². The van der Waals surface area contributed by atoms with Crippen molar-refractivity contribution in [1.29, 1.82) is 0 Å². The fourth-order valence-electron chi connectivity index (χ4n) is 3.14. The Balaban J connectivity index is 1.45. The number of benzene rings is 1. The highest BCUT2D eigenvalue weighted by molar-refractivity contribution is 7.91. The van der Waals surface area contributed by atoms with Gasteiger partial charge in [0.15, 0.2) is 0 Å². The molecule has 0 spiro atoms. The van der Waals surface area contributed by atoms with Crippen LogP contribution in [0.25, 0.3) is 10.1 Å². The first-order valence-corrected chi connectivity index (χ1v) is 12.4. The number of aromatic nitrogens is 1. The van der Waals surface area contributed by atoms with E-state index in [0.717, 1.165) is 21.4 Å². The van der Waals surface area contributed by atoms with Crippen LogP contribution in [0.5, 0.6) is 0 Å². The molecule has 158 valence electrons. The molecule has 1 aliphatic heterocycles. The third-order valence-electron chi connectivity index (χ3n) is 4.62. The Labute approximate surface area is 185 Å². The van der Waals surface area contributed by atoms with E-state index in [1.54, 1.807) is 34.5 Å². The molecule has 0 unspecified atom stereocenters. The second-order valence-electron chi connectivity index (χ2n) is 6.78. The Hall–Kier alpha value is -2.05. The van der Waals surface area contributed by atoms with Crippen molar-refractivity contribution in [3.63, 3.8) is 0 Å². The van der Waals surface area contributed by atoms with Gasteiger partial charge in [0.05, 0.1) is 25.2 Å². The molecule has 4 rings (SSSR count). The Bertz CT molecular complexity index is 1240. The predicted molar refractivity (Wildman–Crippen MR) is 116 cm³/mol. The molecule has 30 heavy (non-hydrogen) atoms. The average molecular weight is 485 g/mol. The molecular formula is C18H17ClN4O4S3. The van der Waals surface area contributed by atoms with Crippen LogP contribution in [-0.2, 0) is 32.6 Å². The highest BCUT2D eigenvalue weighted by atomic mass is 35.5. The van der Waals surface area contributed by atoms with Crippen LogP contribution in [-0.4, -0.2) is 54.1 Å². The summed E-state index contributed by atoms with van der Waals surface area (Å²) in [6.07, 6.45) is 0.0524. The first kappa shape index (κ1) is 21.2. The molecular weight excluding hydrogens is 468 g/mol. The Morgan fingerprint density at radius 3 is 2.80 bits per heavy atom. The zero-order valence-electron chi connectivity index (χ0n) is 15.6. The monoisotopic (exact) mass is 484 g/mol. The molecule has 8 nitrogen and oxygen atoms in total. The SMILES string of the molecule is NC(=O)Cc1csc(CN2CCN(S(=O)(=O)c3cc4ccc(Cl)cc4s3)CC2=O)n1. The quantitative estimate of drug-likeness (QED) is 0.575. The summed E-state index contributed by atoms with van der Waals surface area (Å²) in [6, 6.07) is 6.82. The normalized spacial score (nSPS) is 15.8. The average Bonchev–Trinajstić information content (AvgIpc) is 3.29. The molecule has 0 atom stereocenters. The summed E-state index contributed by atoms with van der Waals surface area (Å²) in [5.41, 5.74) is 5.74. The molecule has 0 aliphatic carbocycles. The van der Waals surface area contributed by atoms with Crippen LogP contribution in [0.2, 0.25) is 5.02 Å². The number of thiazole rings is 1. The number of nitrogens with zero attached hydrogens (tertiary/aromatic N) is 3. The molecule has 2 aromatic heterocycles. The maximum absolute atomic E-state index is 13.0. The van der Waals surface area contributed by atoms with E-state index in [0.29, 0.717) is 15.7 Å². The van der Waals surface area contributed by atoms with E-state index in [9.17, 15) is 18.0 Å². The number of rotatable bonds is 6. The fraction of sp³-hybridized carbons (Fsp3) is 0.278. The first-order chi connectivity index (χ1) is 14.2. The van der Waals surface area contributed by atoms with Gasteiger partial charge in [0.25, 0.3) is 10.0 Å². The number of fused-ring (bicyclic) bond motifs is 1. The zero-order valence-corrected chi connectivity index (χ0v) is 18.8. The van der Waals surface area contributed by atoms with Crippen molar-refractivity contribution in [2.24, 2.45) is 5.73 Å². The van der Waals surface area contributed by atoms with Gasteiger partial charge in [-0.3, -0.25) is 9.59 Å². The number of hydrogen-bond acceptors (Lipinski definition) is 7. The lowest BCUT2D eigenvalue weighted by Crippen LogP contribution is -2.51. The van der Waals surface area contributed by atoms with Crippen LogP contribution in [0.15, 0.2) is 33.9 Å². The maximum atomic E-state index is 13.0. The molecule has 1 saturated heterocycles. The van der Waals surface area contributed by atoms with E-state index in [1.165, 1.54) is 15.6 Å². The minimum Gasteiger partial charge on any atom is -0.369 e. The molecule has 3 heterocycles. The molecule has 1 aromatic carbocycles. The molecule has 2 N–H and O–H groups in total. The fourth-order valence-corrected chi connectivity index (χ4v) is 7.16. The summed E-state index contributed by atoms with van der Waals surface area (Å²) < 4.78 is 28.3. The lowest BCUT2D eigenvalue weighted by molar-refractivity contribution is -0.134. The van der Waals surface area contributed by atoms with Gasteiger partial charge in [-0.25, -0.2) is 13.4 Å². The zero-order chi connectivity index (χ0) is 21.5. The second kappa shape index (κ2) is 8.23. The van der Waals surface area contributed by atoms with Gasteiger partial charge in [-0.05, 0) is 23.6 Å². The third-order valence-corrected chi connectivity index (χ3v) is 9.13. The summed E-state index contributed by atoms with van der Waals surface area (Å²) in [6.45, 7) is 0.510. The van der Waals surface area contributed by atoms with Gasteiger partial charge in [-0.15, -0.1) is 22.7 Å². The van der Waals surface area contributed by atoms with Crippen molar-refractivity contribution in [1.82, 2.24) is 14.2 Å². The minimum atomic E-state index is -3.78. The van der Waals surface area contributed by atoms with Gasteiger partial charge in [0, 0.05) is 28.2 Å². The number of piperazine rings is 1. The van der Waals surface area contributed by atoms with Crippen LogP contribution in [0, 0.1) is 0 Å². The van der Waals surface area contributed by atoms with E-state index in [1.807, 2.05) is 0 Å². The summed E-state index contributed by atoms with van der Waals surface area (Å²) in [7, 11) is -3.78. The number of thiophene rings is 1. The summed E-state index contributed by atoms with van der Waals surface area (Å²) in [4.78, 5) is 29.5. The Kier molecular flexibility index (Phi) is 5.82. The van der Waals surface area contributed by atoms with Crippen molar-refractivity contribution in [2.45, 2.75) is 17.2 Å². The van der Waals surface area contributed by atoms with Crippen LogP contribution >= 0.6 is 34.3 Å².